The van der Waals surface area contributed by atoms with Crippen molar-refractivity contribution in [3.8, 4) is 0 Å². The van der Waals surface area contributed by atoms with E-state index in [1.54, 1.807) is 0 Å². The molecule has 2 N–H and O–H groups in total. The highest BCUT2D eigenvalue weighted by Crippen LogP contribution is 2.00. The fourth-order valence-corrected chi connectivity index (χ4v) is 1.11. The monoisotopic (exact) mass is 202 g/mol. The van der Waals surface area contributed by atoms with Crippen molar-refractivity contribution < 1.29 is 4.74 Å². The molecule has 14 heavy (non-hydrogen) atoms. The zero-order chi connectivity index (χ0) is 11.0. The first-order chi connectivity index (χ1) is 6.56. The molecule has 0 amide bonds. The van der Waals surface area contributed by atoms with Gasteiger partial charge in [0.25, 0.3) is 0 Å². The third kappa shape index (κ3) is 8.48. The van der Waals surface area contributed by atoms with Crippen molar-refractivity contribution >= 4 is 0 Å². The van der Waals surface area contributed by atoms with E-state index in [4.69, 9.17) is 10.5 Å². The lowest BCUT2D eigenvalue weighted by molar-refractivity contribution is 0.0631. The predicted molar refractivity (Wildman–Crippen MR) is 61.4 cm³/mol. The Kier molecular flexibility index (Phi) is 8.14. The quantitative estimate of drug-likeness (QED) is 0.645. The third-order valence-corrected chi connectivity index (χ3v) is 2.33. The minimum Gasteiger partial charge on any atom is -0.377 e. The Bertz CT molecular complexity index is 128. The van der Waals surface area contributed by atoms with Crippen LogP contribution in [0.25, 0.3) is 0 Å². The summed E-state index contributed by atoms with van der Waals surface area (Å²) in [5, 5.41) is 0. The smallest absolute Gasteiger partial charge is 0.0596 e. The van der Waals surface area contributed by atoms with Crippen molar-refractivity contribution in [3.05, 3.63) is 0 Å². The van der Waals surface area contributed by atoms with Crippen molar-refractivity contribution in [2.75, 3.05) is 33.3 Å². The normalized spacial score (nSPS) is 13.9. The van der Waals surface area contributed by atoms with Gasteiger partial charge in [0.1, 0.15) is 0 Å². The van der Waals surface area contributed by atoms with Gasteiger partial charge in [0.2, 0.25) is 0 Å². The first-order valence-electron chi connectivity index (χ1n) is 5.56. The number of likely N-dealkylation sites (N-methyl/N-ethyl adjacent to an activating group) is 1. The molecule has 0 aromatic carbocycles. The Morgan fingerprint density at radius 3 is 2.36 bits per heavy atom. The number of rotatable bonds is 8. The summed E-state index contributed by atoms with van der Waals surface area (Å²) in [4.78, 5) is 2.30. The van der Waals surface area contributed by atoms with Crippen LogP contribution >= 0.6 is 0 Å². The van der Waals surface area contributed by atoms with Gasteiger partial charge in [-0.2, -0.15) is 0 Å². The minimum absolute atomic E-state index is 0.339. The van der Waals surface area contributed by atoms with Gasteiger partial charge in [0.05, 0.1) is 12.7 Å². The van der Waals surface area contributed by atoms with E-state index in [0.29, 0.717) is 12.0 Å². The first kappa shape index (κ1) is 13.9. The summed E-state index contributed by atoms with van der Waals surface area (Å²) in [6.45, 7) is 10.1. The van der Waals surface area contributed by atoms with Crippen LogP contribution in [0.5, 0.6) is 0 Å². The Balaban J connectivity index is 3.32. The van der Waals surface area contributed by atoms with Gasteiger partial charge in [-0.15, -0.1) is 0 Å². The van der Waals surface area contributed by atoms with Crippen LogP contribution in [0.1, 0.15) is 27.2 Å². The van der Waals surface area contributed by atoms with Crippen molar-refractivity contribution in [3.63, 3.8) is 0 Å². The lowest BCUT2D eigenvalue weighted by Crippen LogP contribution is -2.27. The molecular formula is C11H26N2O. The second-order valence-corrected chi connectivity index (χ2v) is 4.35. The Hall–Kier alpha value is -0.120. The molecule has 0 bridgehead atoms. The summed E-state index contributed by atoms with van der Waals surface area (Å²) >= 11 is 0. The van der Waals surface area contributed by atoms with E-state index < -0.39 is 0 Å². The third-order valence-electron chi connectivity index (χ3n) is 2.33. The first-order valence-corrected chi connectivity index (χ1v) is 5.56. The molecule has 0 aliphatic rings. The Morgan fingerprint density at radius 1 is 1.21 bits per heavy atom. The van der Waals surface area contributed by atoms with E-state index in [9.17, 15) is 0 Å². The van der Waals surface area contributed by atoms with Crippen molar-refractivity contribution in [2.45, 2.75) is 33.3 Å². The predicted octanol–water partition coefficient (Wildman–Crippen LogP) is 1.33. The molecule has 0 aliphatic carbocycles. The van der Waals surface area contributed by atoms with Crippen molar-refractivity contribution in [1.82, 2.24) is 4.90 Å². The Morgan fingerprint density at radius 2 is 1.86 bits per heavy atom. The van der Waals surface area contributed by atoms with Crippen LogP contribution in [0.15, 0.2) is 0 Å². The average Bonchev–Trinajstić information content (AvgIpc) is 2.13. The fourth-order valence-electron chi connectivity index (χ4n) is 1.11. The van der Waals surface area contributed by atoms with E-state index in [2.05, 4.69) is 32.7 Å². The molecule has 1 atom stereocenters. The van der Waals surface area contributed by atoms with Crippen LogP contribution in [-0.2, 0) is 4.74 Å². The lowest BCUT2D eigenvalue weighted by Gasteiger charge is -2.19. The summed E-state index contributed by atoms with van der Waals surface area (Å²) in [5.74, 6) is 0.628. The maximum absolute atomic E-state index is 5.55. The highest BCUT2D eigenvalue weighted by molar-refractivity contribution is 4.57. The number of hydrogen-bond donors (Lipinski definition) is 1. The van der Waals surface area contributed by atoms with Gasteiger partial charge >= 0.3 is 0 Å². The van der Waals surface area contributed by atoms with Crippen LogP contribution in [0.2, 0.25) is 0 Å². The molecule has 0 rings (SSSR count). The SMILES string of the molecule is CC(CN)CCN(C)CCOC(C)C. The number of ether oxygens (including phenoxy) is 1. The number of nitrogens with two attached hydrogens (primary N) is 1. The highest BCUT2D eigenvalue weighted by Gasteiger charge is 2.03. The highest BCUT2D eigenvalue weighted by atomic mass is 16.5. The van der Waals surface area contributed by atoms with E-state index in [0.717, 1.165) is 26.2 Å². The molecule has 0 aliphatic heterocycles. The van der Waals surface area contributed by atoms with E-state index in [1.807, 2.05) is 0 Å². The van der Waals surface area contributed by atoms with Crippen molar-refractivity contribution in [1.29, 1.82) is 0 Å². The molecule has 0 saturated carbocycles. The summed E-state index contributed by atoms with van der Waals surface area (Å²) in [6.07, 6.45) is 1.51. The molecule has 0 heterocycles. The summed E-state index contributed by atoms with van der Waals surface area (Å²) in [5.41, 5.74) is 5.55. The second kappa shape index (κ2) is 8.21. The molecule has 0 aromatic rings. The minimum atomic E-state index is 0.339. The second-order valence-electron chi connectivity index (χ2n) is 4.35. The summed E-state index contributed by atoms with van der Waals surface area (Å²) < 4.78 is 5.48. The van der Waals surface area contributed by atoms with E-state index >= 15 is 0 Å². The molecule has 0 spiro atoms. The van der Waals surface area contributed by atoms with E-state index in [1.165, 1.54) is 6.42 Å². The van der Waals surface area contributed by atoms with Crippen molar-refractivity contribution in [2.24, 2.45) is 11.7 Å². The molecule has 0 radical (unpaired) electrons. The molecule has 3 heteroatoms. The molecular weight excluding hydrogens is 176 g/mol. The summed E-state index contributed by atoms with van der Waals surface area (Å²) in [7, 11) is 2.13. The fraction of sp³-hybridized carbons (Fsp3) is 1.00. The maximum atomic E-state index is 5.55. The van der Waals surface area contributed by atoms with Gasteiger partial charge in [0.15, 0.2) is 0 Å². The molecule has 86 valence electrons. The largest absolute Gasteiger partial charge is 0.377 e. The van der Waals surface area contributed by atoms with Gasteiger partial charge in [-0.25, -0.2) is 0 Å². The number of nitrogens with zero attached hydrogens (tertiary/aromatic N) is 1. The van der Waals surface area contributed by atoms with Gasteiger partial charge in [-0.1, -0.05) is 6.92 Å². The van der Waals surface area contributed by atoms with Crippen LogP contribution < -0.4 is 5.73 Å². The van der Waals surface area contributed by atoms with Gasteiger partial charge < -0.3 is 15.4 Å². The van der Waals surface area contributed by atoms with Gasteiger partial charge in [0, 0.05) is 6.54 Å². The molecule has 0 saturated heterocycles. The summed E-state index contributed by atoms with van der Waals surface area (Å²) in [6, 6.07) is 0. The van der Waals surface area contributed by atoms with Gasteiger partial charge in [-0.05, 0) is 46.3 Å². The van der Waals surface area contributed by atoms with Crippen LogP contribution in [0.4, 0.5) is 0 Å². The lowest BCUT2D eigenvalue weighted by atomic mass is 10.1. The molecule has 3 nitrogen and oxygen atoms in total. The number of hydrogen-bond acceptors (Lipinski definition) is 3. The zero-order valence-electron chi connectivity index (χ0n) is 10.1. The Labute approximate surface area is 88.6 Å². The van der Waals surface area contributed by atoms with Crippen LogP contribution in [0, 0.1) is 5.92 Å². The zero-order valence-corrected chi connectivity index (χ0v) is 10.1. The maximum Gasteiger partial charge on any atom is 0.0596 e. The van der Waals surface area contributed by atoms with Crippen LogP contribution in [-0.4, -0.2) is 44.3 Å². The molecule has 1 unspecified atom stereocenters. The van der Waals surface area contributed by atoms with Gasteiger partial charge in [-0.3, -0.25) is 0 Å². The molecule has 0 aromatic heterocycles. The average molecular weight is 202 g/mol. The van der Waals surface area contributed by atoms with E-state index in [-0.39, 0.29) is 0 Å². The topological polar surface area (TPSA) is 38.5 Å². The standard InChI is InChI=1S/C11H26N2O/c1-10(2)14-8-7-13(4)6-5-11(3)9-12/h10-11H,5-9,12H2,1-4H3. The molecule has 0 fully saturated rings. The van der Waals surface area contributed by atoms with Crippen LogP contribution in [0.3, 0.4) is 0 Å².